The fraction of sp³-hybridized carbons (Fsp3) is 0.294. The van der Waals surface area contributed by atoms with Crippen molar-refractivity contribution in [2.75, 3.05) is 5.32 Å². The molecule has 1 unspecified atom stereocenters. The highest BCUT2D eigenvalue weighted by molar-refractivity contribution is 7.19. The number of halogens is 1. The van der Waals surface area contributed by atoms with Crippen LogP contribution in [0.4, 0.5) is 17.2 Å². The maximum atomic E-state index is 11.1. The minimum atomic E-state index is -0.489. The Labute approximate surface area is 153 Å². The monoisotopic (exact) mass is 374 g/mol. The second kappa shape index (κ2) is 6.24. The standard InChI is InChI=1S/C17H15ClN4O2S/c1-9-2-4-11-14(6-9)25-17-15(11)16(19-8-20-17)21-10-3-5-12(18)13(7-10)22(23)24/h3,5,7-9H,2,4,6H2,1H3,(H,19,20,21). The SMILES string of the molecule is CC1CCc2c(sc3ncnc(Nc4ccc(Cl)c([N+](=O)[O-])c4)c23)C1. The molecule has 1 atom stereocenters. The molecule has 1 aliphatic carbocycles. The number of nitro benzene ring substituents is 1. The van der Waals surface area contributed by atoms with Gasteiger partial charge in [0, 0.05) is 16.6 Å². The first-order valence-corrected chi connectivity index (χ1v) is 9.18. The fourth-order valence-electron chi connectivity index (χ4n) is 3.24. The van der Waals surface area contributed by atoms with Crippen molar-refractivity contribution in [3.05, 3.63) is 50.1 Å². The number of nitro groups is 1. The Morgan fingerprint density at radius 1 is 1.40 bits per heavy atom. The molecule has 0 spiro atoms. The molecule has 0 saturated carbocycles. The molecular formula is C17H15ClN4O2S. The topological polar surface area (TPSA) is 81.0 Å². The number of rotatable bonds is 3. The van der Waals surface area contributed by atoms with Crippen molar-refractivity contribution in [2.45, 2.75) is 26.2 Å². The van der Waals surface area contributed by atoms with Crippen molar-refractivity contribution in [1.29, 1.82) is 0 Å². The first kappa shape index (κ1) is 16.2. The van der Waals surface area contributed by atoms with Gasteiger partial charge in [0.05, 0.1) is 10.3 Å². The van der Waals surface area contributed by atoms with Crippen molar-refractivity contribution >= 4 is 50.3 Å². The van der Waals surface area contributed by atoms with E-state index >= 15 is 0 Å². The Balaban J connectivity index is 1.78. The van der Waals surface area contributed by atoms with Crippen LogP contribution in [0, 0.1) is 16.0 Å². The van der Waals surface area contributed by atoms with Crippen LogP contribution in [0.3, 0.4) is 0 Å². The summed E-state index contributed by atoms with van der Waals surface area (Å²) in [4.78, 5) is 21.7. The van der Waals surface area contributed by atoms with Crippen LogP contribution in [0.15, 0.2) is 24.5 Å². The van der Waals surface area contributed by atoms with E-state index in [1.54, 1.807) is 17.4 Å². The number of aryl methyl sites for hydroxylation is 1. The lowest BCUT2D eigenvalue weighted by Gasteiger charge is -2.18. The molecule has 1 aliphatic rings. The predicted octanol–water partition coefficient (Wildman–Crippen LogP) is 5.12. The average Bonchev–Trinajstić information content (AvgIpc) is 2.94. The second-order valence-corrected chi connectivity index (χ2v) is 7.79. The third-order valence-corrected chi connectivity index (χ3v) is 5.98. The summed E-state index contributed by atoms with van der Waals surface area (Å²) in [6, 6.07) is 4.66. The fourth-order valence-corrected chi connectivity index (χ4v) is 4.77. The Morgan fingerprint density at radius 2 is 2.24 bits per heavy atom. The number of nitrogens with one attached hydrogen (secondary N) is 1. The molecule has 0 bridgehead atoms. The van der Waals surface area contributed by atoms with Gasteiger partial charge < -0.3 is 5.32 Å². The molecule has 3 aromatic rings. The van der Waals surface area contributed by atoms with Gasteiger partial charge in [-0.15, -0.1) is 11.3 Å². The van der Waals surface area contributed by atoms with Gasteiger partial charge in [-0.25, -0.2) is 9.97 Å². The summed E-state index contributed by atoms with van der Waals surface area (Å²) in [5.41, 5.74) is 1.77. The normalized spacial score (nSPS) is 16.6. The smallest absolute Gasteiger partial charge is 0.289 e. The van der Waals surface area contributed by atoms with Crippen molar-refractivity contribution in [3.63, 3.8) is 0 Å². The first-order chi connectivity index (χ1) is 12.0. The zero-order valence-corrected chi connectivity index (χ0v) is 15.0. The lowest BCUT2D eigenvalue weighted by atomic mass is 9.89. The van der Waals surface area contributed by atoms with E-state index in [0.29, 0.717) is 17.4 Å². The van der Waals surface area contributed by atoms with Crippen molar-refractivity contribution in [3.8, 4) is 0 Å². The zero-order chi connectivity index (χ0) is 17.6. The molecule has 0 fully saturated rings. The highest BCUT2D eigenvalue weighted by Crippen LogP contribution is 2.40. The third-order valence-electron chi connectivity index (χ3n) is 4.50. The molecule has 4 rings (SSSR count). The van der Waals surface area contributed by atoms with Crippen LogP contribution in [-0.2, 0) is 12.8 Å². The number of hydrogen-bond donors (Lipinski definition) is 1. The number of thiophene rings is 1. The zero-order valence-electron chi connectivity index (χ0n) is 13.5. The second-order valence-electron chi connectivity index (χ2n) is 6.30. The molecule has 2 aromatic heterocycles. The van der Waals surface area contributed by atoms with E-state index in [4.69, 9.17) is 11.6 Å². The summed E-state index contributed by atoms with van der Waals surface area (Å²) < 4.78 is 0. The van der Waals surface area contributed by atoms with Crippen LogP contribution in [-0.4, -0.2) is 14.9 Å². The minimum Gasteiger partial charge on any atom is -0.339 e. The quantitative estimate of drug-likeness (QED) is 0.508. The van der Waals surface area contributed by atoms with Crippen LogP contribution >= 0.6 is 22.9 Å². The molecule has 0 aliphatic heterocycles. The number of fused-ring (bicyclic) bond motifs is 3. The van der Waals surface area contributed by atoms with E-state index in [1.807, 2.05) is 0 Å². The van der Waals surface area contributed by atoms with Gasteiger partial charge in [-0.2, -0.15) is 0 Å². The summed E-state index contributed by atoms with van der Waals surface area (Å²) >= 11 is 7.61. The van der Waals surface area contributed by atoms with Crippen LogP contribution in [0.5, 0.6) is 0 Å². The molecule has 128 valence electrons. The molecule has 2 heterocycles. The number of anilines is 2. The summed E-state index contributed by atoms with van der Waals surface area (Å²) in [5, 5.41) is 15.4. The molecule has 0 radical (unpaired) electrons. The number of hydrogen-bond acceptors (Lipinski definition) is 6. The van der Waals surface area contributed by atoms with Gasteiger partial charge in [-0.05, 0) is 42.9 Å². The lowest BCUT2D eigenvalue weighted by molar-refractivity contribution is -0.384. The van der Waals surface area contributed by atoms with Gasteiger partial charge in [0.25, 0.3) is 5.69 Å². The van der Waals surface area contributed by atoms with Crippen LogP contribution < -0.4 is 5.32 Å². The van der Waals surface area contributed by atoms with Crippen molar-refractivity contribution in [1.82, 2.24) is 9.97 Å². The molecule has 8 heteroatoms. The highest BCUT2D eigenvalue weighted by atomic mass is 35.5. The van der Waals surface area contributed by atoms with E-state index in [-0.39, 0.29) is 10.7 Å². The molecule has 1 aromatic carbocycles. The van der Waals surface area contributed by atoms with E-state index < -0.39 is 4.92 Å². The highest BCUT2D eigenvalue weighted by Gasteiger charge is 2.23. The summed E-state index contributed by atoms with van der Waals surface area (Å²) in [6.45, 7) is 2.27. The summed E-state index contributed by atoms with van der Waals surface area (Å²) in [6.07, 6.45) is 4.77. The minimum absolute atomic E-state index is 0.116. The van der Waals surface area contributed by atoms with Gasteiger partial charge in [-0.1, -0.05) is 18.5 Å². The van der Waals surface area contributed by atoms with E-state index in [9.17, 15) is 10.1 Å². The van der Waals surface area contributed by atoms with Crippen LogP contribution in [0.1, 0.15) is 23.8 Å². The lowest BCUT2D eigenvalue weighted by Crippen LogP contribution is -2.09. The molecule has 0 amide bonds. The Morgan fingerprint density at radius 3 is 3.04 bits per heavy atom. The molecule has 0 saturated heterocycles. The first-order valence-electron chi connectivity index (χ1n) is 7.99. The van der Waals surface area contributed by atoms with Gasteiger partial charge in [0.1, 0.15) is 22.0 Å². The van der Waals surface area contributed by atoms with Crippen LogP contribution in [0.25, 0.3) is 10.2 Å². The predicted molar refractivity (Wildman–Crippen MR) is 100.0 cm³/mol. The maximum Gasteiger partial charge on any atom is 0.289 e. The number of aromatic nitrogens is 2. The van der Waals surface area contributed by atoms with Crippen LogP contribution in [0.2, 0.25) is 5.02 Å². The molecule has 6 nitrogen and oxygen atoms in total. The van der Waals surface area contributed by atoms with E-state index in [0.717, 1.165) is 29.5 Å². The average molecular weight is 375 g/mol. The largest absolute Gasteiger partial charge is 0.339 e. The van der Waals surface area contributed by atoms with Gasteiger partial charge in [0.2, 0.25) is 0 Å². The molecule has 25 heavy (non-hydrogen) atoms. The van der Waals surface area contributed by atoms with Crippen molar-refractivity contribution in [2.24, 2.45) is 5.92 Å². The summed E-state index contributed by atoms with van der Waals surface area (Å²) in [7, 11) is 0. The number of nitrogens with zero attached hydrogens (tertiary/aromatic N) is 3. The maximum absolute atomic E-state index is 11.1. The van der Waals surface area contributed by atoms with E-state index in [2.05, 4.69) is 22.2 Å². The molecule has 1 N–H and O–H groups in total. The van der Waals surface area contributed by atoms with E-state index in [1.165, 1.54) is 28.9 Å². The summed E-state index contributed by atoms with van der Waals surface area (Å²) in [5.74, 6) is 1.37. The van der Waals surface area contributed by atoms with Gasteiger partial charge >= 0.3 is 0 Å². The Bertz CT molecular complexity index is 988. The van der Waals surface area contributed by atoms with Gasteiger partial charge in [-0.3, -0.25) is 10.1 Å². The Kier molecular flexibility index (Phi) is 4.05. The Hall–Kier alpha value is -2.25. The molecular weight excluding hydrogens is 360 g/mol. The number of benzene rings is 1. The third kappa shape index (κ3) is 2.94. The van der Waals surface area contributed by atoms with Crippen molar-refractivity contribution < 1.29 is 4.92 Å². The van der Waals surface area contributed by atoms with Gasteiger partial charge in [0.15, 0.2) is 0 Å².